The zero-order valence-electron chi connectivity index (χ0n) is 12.4. The Labute approximate surface area is 113 Å². The lowest BCUT2D eigenvalue weighted by Gasteiger charge is -2.20. The Balaban J connectivity index is 3.24. The summed E-state index contributed by atoms with van der Waals surface area (Å²) in [6.45, 7) is 5.81. The molecule has 0 aromatic heterocycles. The monoisotopic (exact) mass is 254 g/mol. The number of unbranched alkanes of at least 4 members (excludes halogenated alkanes) is 5. The third-order valence-electron chi connectivity index (χ3n) is 3.41. The van der Waals surface area contributed by atoms with E-state index in [4.69, 9.17) is 10.00 Å². The second-order valence-corrected chi connectivity index (χ2v) is 5.18. The van der Waals surface area contributed by atoms with Gasteiger partial charge in [0.15, 0.2) is 0 Å². The quantitative estimate of drug-likeness (QED) is 0.541. The minimum Gasteiger partial charge on any atom is -0.381 e. The Morgan fingerprint density at radius 1 is 1.06 bits per heavy atom. The van der Waals surface area contributed by atoms with Crippen LogP contribution in [0.25, 0.3) is 0 Å². The first-order chi connectivity index (χ1) is 8.68. The summed E-state index contributed by atoms with van der Waals surface area (Å²) < 4.78 is 5.59. The van der Waals surface area contributed by atoms with Crippen LogP contribution in [-0.2, 0) is 4.74 Å². The molecular weight excluding hydrogens is 224 g/mol. The van der Waals surface area contributed by atoms with Crippen LogP contribution in [0.15, 0.2) is 0 Å². The SMILES string of the molecule is CCCCCCCCOCCCC(C)(C#N)NC. The zero-order valence-corrected chi connectivity index (χ0v) is 12.4. The van der Waals surface area contributed by atoms with E-state index in [9.17, 15) is 0 Å². The van der Waals surface area contributed by atoms with Crippen LogP contribution >= 0.6 is 0 Å². The normalized spacial score (nSPS) is 14.1. The number of hydrogen-bond acceptors (Lipinski definition) is 3. The Kier molecular flexibility index (Phi) is 11.1. The molecule has 0 aliphatic carbocycles. The summed E-state index contributed by atoms with van der Waals surface area (Å²) in [4.78, 5) is 0. The molecule has 3 nitrogen and oxygen atoms in total. The van der Waals surface area contributed by atoms with Crippen LogP contribution in [0.3, 0.4) is 0 Å². The maximum atomic E-state index is 8.98. The molecule has 1 atom stereocenters. The smallest absolute Gasteiger partial charge is 0.103 e. The van der Waals surface area contributed by atoms with E-state index >= 15 is 0 Å². The summed E-state index contributed by atoms with van der Waals surface area (Å²) in [6, 6.07) is 2.29. The average molecular weight is 254 g/mol. The van der Waals surface area contributed by atoms with Gasteiger partial charge in [-0.25, -0.2) is 0 Å². The van der Waals surface area contributed by atoms with Crippen molar-refractivity contribution in [2.45, 2.75) is 70.8 Å². The molecule has 0 rings (SSSR count). The predicted molar refractivity (Wildman–Crippen MR) is 76.5 cm³/mol. The third-order valence-corrected chi connectivity index (χ3v) is 3.41. The van der Waals surface area contributed by atoms with Gasteiger partial charge in [0, 0.05) is 13.2 Å². The molecule has 0 saturated heterocycles. The van der Waals surface area contributed by atoms with Crippen molar-refractivity contribution in [1.29, 1.82) is 5.26 Å². The molecular formula is C15H30N2O. The van der Waals surface area contributed by atoms with Gasteiger partial charge in [0.2, 0.25) is 0 Å². The molecule has 0 amide bonds. The summed E-state index contributed by atoms with van der Waals surface area (Å²) in [7, 11) is 1.83. The van der Waals surface area contributed by atoms with E-state index in [0.717, 1.165) is 26.1 Å². The topological polar surface area (TPSA) is 45.0 Å². The minimum atomic E-state index is -0.399. The van der Waals surface area contributed by atoms with Gasteiger partial charge in [-0.2, -0.15) is 5.26 Å². The first-order valence-electron chi connectivity index (χ1n) is 7.36. The summed E-state index contributed by atoms with van der Waals surface area (Å²) in [5.41, 5.74) is -0.399. The highest BCUT2D eigenvalue weighted by Gasteiger charge is 2.19. The average Bonchev–Trinajstić information content (AvgIpc) is 2.40. The summed E-state index contributed by atoms with van der Waals surface area (Å²) >= 11 is 0. The van der Waals surface area contributed by atoms with E-state index < -0.39 is 5.54 Å². The van der Waals surface area contributed by atoms with Crippen LogP contribution in [-0.4, -0.2) is 25.8 Å². The molecule has 1 unspecified atom stereocenters. The van der Waals surface area contributed by atoms with Gasteiger partial charge in [-0.1, -0.05) is 39.0 Å². The Hall–Kier alpha value is -0.590. The van der Waals surface area contributed by atoms with E-state index in [1.54, 1.807) is 0 Å². The Morgan fingerprint density at radius 2 is 1.67 bits per heavy atom. The minimum absolute atomic E-state index is 0.399. The lowest BCUT2D eigenvalue weighted by Crippen LogP contribution is -2.38. The van der Waals surface area contributed by atoms with E-state index in [1.807, 2.05) is 14.0 Å². The Bertz CT molecular complexity index is 225. The maximum absolute atomic E-state index is 8.98. The van der Waals surface area contributed by atoms with E-state index in [-0.39, 0.29) is 0 Å². The highest BCUT2D eigenvalue weighted by atomic mass is 16.5. The molecule has 0 spiro atoms. The maximum Gasteiger partial charge on any atom is 0.103 e. The van der Waals surface area contributed by atoms with Crippen molar-refractivity contribution >= 4 is 0 Å². The van der Waals surface area contributed by atoms with Gasteiger partial charge in [-0.15, -0.1) is 0 Å². The van der Waals surface area contributed by atoms with Crippen LogP contribution in [0.2, 0.25) is 0 Å². The van der Waals surface area contributed by atoms with Crippen LogP contribution in [0, 0.1) is 11.3 Å². The predicted octanol–water partition coefficient (Wildman–Crippen LogP) is 3.65. The second kappa shape index (κ2) is 11.5. The van der Waals surface area contributed by atoms with Crippen LogP contribution in [0.4, 0.5) is 0 Å². The number of nitrogens with one attached hydrogen (secondary N) is 1. The highest BCUT2D eigenvalue weighted by molar-refractivity contribution is 5.02. The van der Waals surface area contributed by atoms with E-state index in [2.05, 4.69) is 18.3 Å². The van der Waals surface area contributed by atoms with Crippen molar-refractivity contribution in [2.24, 2.45) is 0 Å². The summed E-state index contributed by atoms with van der Waals surface area (Å²) in [5, 5.41) is 12.0. The van der Waals surface area contributed by atoms with Gasteiger partial charge >= 0.3 is 0 Å². The molecule has 0 heterocycles. The number of rotatable bonds is 12. The van der Waals surface area contributed by atoms with Gasteiger partial charge in [-0.05, 0) is 33.2 Å². The summed E-state index contributed by atoms with van der Waals surface area (Å²) in [6.07, 6.45) is 9.61. The lowest BCUT2D eigenvalue weighted by molar-refractivity contribution is 0.122. The molecule has 0 bridgehead atoms. The van der Waals surface area contributed by atoms with Crippen molar-refractivity contribution in [1.82, 2.24) is 5.32 Å². The number of nitriles is 1. The molecule has 0 radical (unpaired) electrons. The first-order valence-corrected chi connectivity index (χ1v) is 7.36. The fourth-order valence-electron chi connectivity index (χ4n) is 1.85. The molecule has 0 aliphatic rings. The van der Waals surface area contributed by atoms with Crippen molar-refractivity contribution in [3.05, 3.63) is 0 Å². The Morgan fingerprint density at radius 3 is 2.28 bits per heavy atom. The van der Waals surface area contributed by atoms with Gasteiger partial charge in [-0.3, -0.25) is 0 Å². The molecule has 0 aliphatic heterocycles. The number of nitrogens with zero attached hydrogens (tertiary/aromatic N) is 1. The molecule has 1 N–H and O–H groups in total. The van der Waals surface area contributed by atoms with Crippen LogP contribution < -0.4 is 5.32 Å². The molecule has 3 heteroatoms. The van der Waals surface area contributed by atoms with Gasteiger partial charge in [0.25, 0.3) is 0 Å². The standard InChI is InChI=1S/C15H30N2O/c1-4-5-6-7-8-9-12-18-13-10-11-15(2,14-16)17-3/h17H,4-13H2,1-3H3. The number of ether oxygens (including phenoxy) is 1. The van der Waals surface area contributed by atoms with Crippen molar-refractivity contribution in [3.63, 3.8) is 0 Å². The largest absolute Gasteiger partial charge is 0.381 e. The van der Waals surface area contributed by atoms with Crippen molar-refractivity contribution < 1.29 is 4.74 Å². The van der Waals surface area contributed by atoms with Crippen molar-refractivity contribution in [2.75, 3.05) is 20.3 Å². The fraction of sp³-hybridized carbons (Fsp3) is 0.933. The number of hydrogen-bond donors (Lipinski definition) is 1. The van der Waals surface area contributed by atoms with E-state index in [1.165, 1.54) is 38.5 Å². The second-order valence-electron chi connectivity index (χ2n) is 5.18. The molecule has 0 aromatic rings. The zero-order chi connectivity index (χ0) is 13.7. The van der Waals surface area contributed by atoms with Gasteiger partial charge in [0.1, 0.15) is 5.54 Å². The molecule has 0 saturated carbocycles. The summed E-state index contributed by atoms with van der Waals surface area (Å²) in [5.74, 6) is 0. The van der Waals surface area contributed by atoms with Gasteiger partial charge in [0.05, 0.1) is 6.07 Å². The fourth-order valence-corrected chi connectivity index (χ4v) is 1.85. The molecule has 18 heavy (non-hydrogen) atoms. The van der Waals surface area contributed by atoms with Crippen LogP contribution in [0.1, 0.15) is 65.2 Å². The van der Waals surface area contributed by atoms with Crippen molar-refractivity contribution in [3.8, 4) is 6.07 Å². The third kappa shape index (κ3) is 9.44. The molecule has 0 fully saturated rings. The molecule has 0 aromatic carbocycles. The van der Waals surface area contributed by atoms with E-state index in [0.29, 0.717) is 0 Å². The van der Waals surface area contributed by atoms with Gasteiger partial charge < -0.3 is 10.1 Å². The molecule has 106 valence electrons. The highest BCUT2D eigenvalue weighted by Crippen LogP contribution is 2.10. The lowest BCUT2D eigenvalue weighted by atomic mass is 9.98. The van der Waals surface area contributed by atoms with Crippen LogP contribution in [0.5, 0.6) is 0 Å². The first kappa shape index (κ1) is 17.4.